The van der Waals surface area contributed by atoms with Crippen LogP contribution < -0.4 is 10.6 Å². The second kappa shape index (κ2) is 6.45. The quantitative estimate of drug-likeness (QED) is 0.575. The van der Waals surface area contributed by atoms with Gasteiger partial charge in [0.05, 0.1) is 18.3 Å². The van der Waals surface area contributed by atoms with Crippen molar-refractivity contribution >= 4 is 28.2 Å². The van der Waals surface area contributed by atoms with Crippen LogP contribution in [0.3, 0.4) is 0 Å². The lowest BCUT2D eigenvalue weighted by Gasteiger charge is -2.11. The van der Waals surface area contributed by atoms with Gasteiger partial charge in [-0.15, -0.1) is 0 Å². The predicted octanol–water partition coefficient (Wildman–Crippen LogP) is 1.81. The molecule has 1 atom stereocenters. The number of pyridine rings is 1. The average Bonchev–Trinajstić information content (AvgIpc) is 3.02. The van der Waals surface area contributed by atoms with Crippen LogP contribution in [0.4, 0.5) is 11.4 Å². The third-order valence-corrected chi connectivity index (χ3v) is 3.37. The fourth-order valence-electron chi connectivity index (χ4n) is 2.16. The highest BCUT2D eigenvalue weighted by atomic mass is 16.3. The third-order valence-electron chi connectivity index (χ3n) is 3.37. The lowest BCUT2D eigenvalue weighted by Crippen LogP contribution is -2.35. The number of nitrogens with one attached hydrogen (secondary N) is 3. The van der Waals surface area contributed by atoms with E-state index in [9.17, 15) is 4.79 Å². The van der Waals surface area contributed by atoms with Crippen molar-refractivity contribution in [2.45, 2.75) is 13.0 Å². The predicted molar refractivity (Wildman–Crippen MR) is 87.6 cm³/mol. The van der Waals surface area contributed by atoms with Gasteiger partial charge < -0.3 is 15.7 Å². The molecule has 1 aromatic carbocycles. The summed E-state index contributed by atoms with van der Waals surface area (Å²) in [7, 11) is 0. The zero-order valence-electron chi connectivity index (χ0n) is 12.6. The van der Waals surface area contributed by atoms with Gasteiger partial charge in [-0.25, -0.2) is 0 Å². The first-order valence-corrected chi connectivity index (χ1v) is 7.23. The zero-order chi connectivity index (χ0) is 16.2. The number of hydrogen-bond donors (Lipinski definition) is 4. The van der Waals surface area contributed by atoms with E-state index < -0.39 is 0 Å². The van der Waals surface area contributed by atoms with E-state index in [1.54, 1.807) is 31.5 Å². The first kappa shape index (κ1) is 15.0. The van der Waals surface area contributed by atoms with Gasteiger partial charge in [0.2, 0.25) is 0 Å². The van der Waals surface area contributed by atoms with Crippen molar-refractivity contribution < 1.29 is 9.90 Å². The number of fused-ring (bicyclic) bond motifs is 1. The molecular formula is C16H17N5O2. The molecule has 1 amide bonds. The van der Waals surface area contributed by atoms with Crippen LogP contribution in [0.15, 0.2) is 42.7 Å². The number of rotatable bonds is 5. The van der Waals surface area contributed by atoms with Crippen LogP contribution in [0.5, 0.6) is 0 Å². The standard InChI is InChI=1S/C16H17N5O2/c1-10(9-22)19-16(23)15-7-13(4-5-17-15)20-12-2-3-14-11(6-12)8-18-21-14/h2-8,10,22H,9H2,1H3,(H,17,20)(H,18,21)(H,19,23)/t10-/m1/s1. The lowest BCUT2D eigenvalue weighted by molar-refractivity contribution is 0.0917. The highest BCUT2D eigenvalue weighted by molar-refractivity contribution is 5.93. The number of aliphatic hydroxyl groups excluding tert-OH is 1. The molecule has 0 aliphatic carbocycles. The molecule has 2 aromatic heterocycles. The summed E-state index contributed by atoms with van der Waals surface area (Å²) in [5.41, 5.74) is 2.90. The SMILES string of the molecule is C[C@H](CO)NC(=O)c1cc(Nc2ccc3[nH]ncc3c2)ccn1. The maximum absolute atomic E-state index is 12.0. The van der Waals surface area contributed by atoms with E-state index in [0.29, 0.717) is 5.69 Å². The summed E-state index contributed by atoms with van der Waals surface area (Å²) in [4.78, 5) is 16.1. The van der Waals surface area contributed by atoms with Gasteiger partial charge in [-0.2, -0.15) is 5.10 Å². The number of amides is 1. The zero-order valence-corrected chi connectivity index (χ0v) is 12.6. The Bertz CT molecular complexity index is 830. The number of carbonyl (C=O) groups is 1. The molecule has 0 aliphatic rings. The fourth-order valence-corrected chi connectivity index (χ4v) is 2.16. The maximum atomic E-state index is 12.0. The molecule has 7 heteroatoms. The Hall–Kier alpha value is -2.93. The Morgan fingerprint density at radius 3 is 2.96 bits per heavy atom. The smallest absolute Gasteiger partial charge is 0.270 e. The lowest BCUT2D eigenvalue weighted by atomic mass is 10.2. The number of hydrogen-bond acceptors (Lipinski definition) is 5. The van der Waals surface area contributed by atoms with E-state index in [2.05, 4.69) is 25.8 Å². The second-order valence-corrected chi connectivity index (χ2v) is 5.28. The molecule has 23 heavy (non-hydrogen) atoms. The molecule has 0 radical (unpaired) electrons. The van der Waals surface area contributed by atoms with Gasteiger partial charge in [-0.3, -0.25) is 14.9 Å². The Kier molecular flexibility index (Phi) is 4.20. The molecule has 0 unspecified atom stereocenters. The van der Waals surface area contributed by atoms with Gasteiger partial charge in [0.25, 0.3) is 5.91 Å². The van der Waals surface area contributed by atoms with Gasteiger partial charge in [0.1, 0.15) is 5.69 Å². The number of aromatic nitrogens is 3. The summed E-state index contributed by atoms with van der Waals surface area (Å²) in [6.45, 7) is 1.61. The van der Waals surface area contributed by atoms with Crippen molar-refractivity contribution in [2.75, 3.05) is 11.9 Å². The van der Waals surface area contributed by atoms with Crippen LogP contribution >= 0.6 is 0 Å². The number of anilines is 2. The van der Waals surface area contributed by atoms with E-state index in [1.165, 1.54) is 0 Å². The Balaban J connectivity index is 1.77. The highest BCUT2D eigenvalue weighted by Gasteiger charge is 2.11. The van der Waals surface area contributed by atoms with Crippen LogP contribution in [0.2, 0.25) is 0 Å². The van der Waals surface area contributed by atoms with Gasteiger partial charge in [-0.05, 0) is 37.3 Å². The number of benzene rings is 1. The molecule has 7 nitrogen and oxygen atoms in total. The van der Waals surface area contributed by atoms with Crippen molar-refractivity contribution in [3.63, 3.8) is 0 Å². The van der Waals surface area contributed by atoms with Crippen molar-refractivity contribution in [1.29, 1.82) is 0 Å². The Labute approximate surface area is 132 Å². The van der Waals surface area contributed by atoms with E-state index in [0.717, 1.165) is 22.3 Å². The van der Waals surface area contributed by atoms with Crippen molar-refractivity contribution in [3.8, 4) is 0 Å². The molecule has 4 N–H and O–H groups in total. The molecule has 2 heterocycles. The van der Waals surface area contributed by atoms with Gasteiger partial charge in [0, 0.05) is 29.0 Å². The summed E-state index contributed by atoms with van der Waals surface area (Å²) < 4.78 is 0. The number of aliphatic hydroxyl groups is 1. The van der Waals surface area contributed by atoms with Crippen LogP contribution in [0.25, 0.3) is 10.9 Å². The monoisotopic (exact) mass is 311 g/mol. The minimum atomic E-state index is -0.319. The molecule has 0 saturated carbocycles. The number of H-pyrrole nitrogens is 1. The summed E-state index contributed by atoms with van der Waals surface area (Å²) in [5, 5.41) is 22.8. The van der Waals surface area contributed by atoms with Crippen LogP contribution in [0.1, 0.15) is 17.4 Å². The summed E-state index contributed by atoms with van der Waals surface area (Å²) in [6, 6.07) is 8.96. The first-order valence-electron chi connectivity index (χ1n) is 7.23. The van der Waals surface area contributed by atoms with Gasteiger partial charge >= 0.3 is 0 Å². The van der Waals surface area contributed by atoms with E-state index in [4.69, 9.17) is 5.11 Å². The average molecular weight is 311 g/mol. The fraction of sp³-hybridized carbons (Fsp3) is 0.188. The molecule has 3 rings (SSSR count). The molecular weight excluding hydrogens is 294 g/mol. The van der Waals surface area contributed by atoms with Gasteiger partial charge in [0.15, 0.2) is 0 Å². The van der Waals surface area contributed by atoms with Crippen molar-refractivity contribution in [3.05, 3.63) is 48.4 Å². The first-order chi connectivity index (χ1) is 11.2. The molecule has 0 aliphatic heterocycles. The topological polar surface area (TPSA) is 103 Å². The Morgan fingerprint density at radius 1 is 1.30 bits per heavy atom. The van der Waals surface area contributed by atoms with Crippen LogP contribution in [-0.2, 0) is 0 Å². The largest absolute Gasteiger partial charge is 0.394 e. The summed E-state index contributed by atoms with van der Waals surface area (Å²) >= 11 is 0. The maximum Gasteiger partial charge on any atom is 0.270 e. The second-order valence-electron chi connectivity index (χ2n) is 5.28. The van der Waals surface area contributed by atoms with Crippen molar-refractivity contribution in [1.82, 2.24) is 20.5 Å². The number of carbonyl (C=O) groups excluding carboxylic acids is 1. The minimum absolute atomic E-state index is 0.117. The van der Waals surface area contributed by atoms with Crippen LogP contribution in [-0.4, -0.2) is 38.8 Å². The van der Waals surface area contributed by atoms with E-state index in [1.807, 2.05) is 18.2 Å². The Morgan fingerprint density at radius 2 is 2.13 bits per heavy atom. The minimum Gasteiger partial charge on any atom is -0.394 e. The van der Waals surface area contributed by atoms with Crippen LogP contribution in [0, 0.1) is 0 Å². The van der Waals surface area contributed by atoms with E-state index in [-0.39, 0.29) is 18.6 Å². The van der Waals surface area contributed by atoms with Gasteiger partial charge in [-0.1, -0.05) is 0 Å². The summed E-state index contributed by atoms with van der Waals surface area (Å²) in [6.07, 6.45) is 3.32. The molecule has 118 valence electrons. The summed E-state index contributed by atoms with van der Waals surface area (Å²) in [5.74, 6) is -0.319. The number of nitrogens with zero attached hydrogens (tertiary/aromatic N) is 2. The van der Waals surface area contributed by atoms with Crippen molar-refractivity contribution in [2.24, 2.45) is 0 Å². The molecule has 3 aromatic rings. The molecule has 0 spiro atoms. The van der Waals surface area contributed by atoms with E-state index >= 15 is 0 Å². The normalized spacial score (nSPS) is 12.1. The third kappa shape index (κ3) is 3.46. The highest BCUT2D eigenvalue weighted by Crippen LogP contribution is 2.21. The molecule has 0 bridgehead atoms. The number of aromatic amines is 1. The molecule has 0 saturated heterocycles. The molecule has 0 fully saturated rings.